The number of benzene rings is 1. The van der Waals surface area contributed by atoms with Crippen LogP contribution in [0.25, 0.3) is 0 Å². The van der Waals surface area contributed by atoms with Crippen molar-refractivity contribution < 1.29 is 22.3 Å². The molecule has 20 heavy (non-hydrogen) atoms. The smallest absolute Gasteiger partial charge is 0.165 e. The molecule has 1 fully saturated rings. The van der Waals surface area contributed by atoms with E-state index in [0.717, 1.165) is 5.56 Å². The molecule has 0 aliphatic carbocycles. The van der Waals surface area contributed by atoms with Crippen LogP contribution in [-0.2, 0) is 14.6 Å². The summed E-state index contributed by atoms with van der Waals surface area (Å²) in [5.41, 5.74) is 0.842. The van der Waals surface area contributed by atoms with Gasteiger partial charge in [-0.2, -0.15) is 0 Å². The Morgan fingerprint density at radius 1 is 1.25 bits per heavy atom. The molecule has 112 valence electrons. The van der Waals surface area contributed by atoms with Crippen LogP contribution in [0.2, 0.25) is 0 Å². The van der Waals surface area contributed by atoms with Gasteiger partial charge in [0.05, 0.1) is 24.2 Å². The number of halogens is 1. The second-order valence-corrected chi connectivity index (χ2v) is 7.31. The normalized spacial score (nSPS) is 18.9. The predicted molar refractivity (Wildman–Crippen MR) is 74.3 cm³/mol. The molecule has 1 aromatic rings. The van der Waals surface area contributed by atoms with Crippen LogP contribution in [0.5, 0.6) is 5.75 Å². The van der Waals surface area contributed by atoms with Gasteiger partial charge < -0.3 is 9.47 Å². The molecule has 0 aromatic heterocycles. The Morgan fingerprint density at radius 3 is 2.60 bits per heavy atom. The van der Waals surface area contributed by atoms with Gasteiger partial charge in [0.1, 0.15) is 6.61 Å². The highest BCUT2D eigenvalue weighted by Crippen LogP contribution is 2.18. The molecule has 0 spiro atoms. The number of hydrogen-bond acceptors (Lipinski definition) is 4. The molecule has 0 N–H and O–H groups in total. The fraction of sp³-hybridized carbons (Fsp3) is 0.571. The average Bonchev–Trinajstić information content (AvgIpc) is 2.38. The number of ether oxygens (including phenoxy) is 2. The van der Waals surface area contributed by atoms with Crippen molar-refractivity contribution in [2.75, 3.05) is 24.7 Å². The van der Waals surface area contributed by atoms with Crippen LogP contribution in [0.3, 0.4) is 0 Å². The van der Waals surface area contributed by atoms with Crippen molar-refractivity contribution in [1.82, 2.24) is 0 Å². The zero-order valence-corrected chi connectivity index (χ0v) is 12.3. The predicted octanol–water partition coefficient (Wildman–Crippen LogP) is 2.11. The fourth-order valence-electron chi connectivity index (χ4n) is 2.12. The van der Waals surface area contributed by atoms with E-state index in [2.05, 4.69) is 0 Å². The maximum Gasteiger partial charge on any atom is 0.165 e. The van der Waals surface area contributed by atoms with Gasteiger partial charge in [-0.3, -0.25) is 0 Å². The Labute approximate surface area is 118 Å². The molecular formula is C14H19FO4S. The molecule has 6 heteroatoms. The topological polar surface area (TPSA) is 52.6 Å². The summed E-state index contributed by atoms with van der Waals surface area (Å²) in [6.45, 7) is 2.40. The molecule has 0 saturated carbocycles. The van der Waals surface area contributed by atoms with Crippen LogP contribution in [0.15, 0.2) is 18.2 Å². The van der Waals surface area contributed by atoms with Crippen LogP contribution in [-0.4, -0.2) is 39.2 Å². The molecule has 2 rings (SSSR count). The maximum atomic E-state index is 13.5. The zero-order valence-electron chi connectivity index (χ0n) is 11.5. The van der Waals surface area contributed by atoms with Crippen molar-refractivity contribution >= 4 is 9.84 Å². The summed E-state index contributed by atoms with van der Waals surface area (Å²) in [5, 5.41) is 0. The Balaban J connectivity index is 1.69. The monoisotopic (exact) mass is 302 g/mol. The van der Waals surface area contributed by atoms with Crippen molar-refractivity contribution in [3.63, 3.8) is 0 Å². The first kappa shape index (κ1) is 15.3. The number of hydrogen-bond donors (Lipinski definition) is 0. The summed E-state index contributed by atoms with van der Waals surface area (Å²) in [7, 11) is -2.86. The highest BCUT2D eigenvalue weighted by atomic mass is 32.2. The van der Waals surface area contributed by atoms with E-state index in [1.807, 2.05) is 6.92 Å². The molecule has 1 aliphatic rings. The van der Waals surface area contributed by atoms with Crippen molar-refractivity contribution in [1.29, 1.82) is 0 Å². The second-order valence-electron chi connectivity index (χ2n) is 5.00. The van der Waals surface area contributed by atoms with Crippen LogP contribution in [0.4, 0.5) is 4.39 Å². The van der Waals surface area contributed by atoms with Gasteiger partial charge in [0, 0.05) is 0 Å². The molecule has 0 unspecified atom stereocenters. The SMILES string of the molecule is Cc1ccc(OCCOC2CCS(=O)(=O)CC2)c(F)c1. The third kappa shape index (κ3) is 4.45. The summed E-state index contributed by atoms with van der Waals surface area (Å²) in [6.07, 6.45) is 1.02. The van der Waals surface area contributed by atoms with E-state index in [4.69, 9.17) is 9.47 Å². The lowest BCUT2D eigenvalue weighted by Gasteiger charge is -2.22. The first-order valence-corrected chi connectivity index (χ1v) is 8.49. The minimum absolute atomic E-state index is 0.0370. The van der Waals surface area contributed by atoms with Gasteiger partial charge in [0.25, 0.3) is 0 Å². The van der Waals surface area contributed by atoms with E-state index in [1.54, 1.807) is 12.1 Å². The van der Waals surface area contributed by atoms with Gasteiger partial charge in [-0.15, -0.1) is 0 Å². The summed E-state index contributed by atoms with van der Waals surface area (Å²) in [5.74, 6) is 0.204. The Hall–Kier alpha value is -1.14. The van der Waals surface area contributed by atoms with E-state index in [9.17, 15) is 12.8 Å². The summed E-state index contributed by atoms with van der Waals surface area (Å²) in [6, 6.07) is 4.80. The third-order valence-corrected chi connectivity index (χ3v) is 5.00. The highest BCUT2D eigenvalue weighted by molar-refractivity contribution is 7.91. The lowest BCUT2D eigenvalue weighted by Crippen LogP contribution is -2.29. The van der Waals surface area contributed by atoms with E-state index in [-0.39, 0.29) is 35.8 Å². The van der Waals surface area contributed by atoms with Crippen LogP contribution >= 0.6 is 0 Å². The quantitative estimate of drug-likeness (QED) is 0.782. The van der Waals surface area contributed by atoms with E-state index < -0.39 is 9.84 Å². The van der Waals surface area contributed by atoms with E-state index in [1.165, 1.54) is 6.07 Å². The molecule has 1 heterocycles. The summed E-state index contributed by atoms with van der Waals surface area (Å²) >= 11 is 0. The van der Waals surface area contributed by atoms with E-state index in [0.29, 0.717) is 19.4 Å². The van der Waals surface area contributed by atoms with Gasteiger partial charge in [0.15, 0.2) is 21.4 Å². The minimum atomic E-state index is -2.86. The molecule has 1 aromatic carbocycles. The lowest BCUT2D eigenvalue weighted by molar-refractivity contribution is 0.0279. The summed E-state index contributed by atoms with van der Waals surface area (Å²) < 4.78 is 46.8. The van der Waals surface area contributed by atoms with Crippen molar-refractivity contribution in [2.45, 2.75) is 25.9 Å². The zero-order chi connectivity index (χ0) is 14.6. The molecule has 0 radical (unpaired) electrons. The van der Waals surface area contributed by atoms with Crippen molar-refractivity contribution in [3.8, 4) is 5.75 Å². The molecule has 0 atom stereocenters. The van der Waals surface area contributed by atoms with Crippen LogP contribution in [0, 0.1) is 12.7 Å². The Kier molecular flexibility index (Phi) is 4.99. The molecule has 1 saturated heterocycles. The second kappa shape index (κ2) is 6.54. The maximum absolute atomic E-state index is 13.5. The number of rotatable bonds is 5. The summed E-state index contributed by atoms with van der Waals surface area (Å²) in [4.78, 5) is 0. The molecule has 0 bridgehead atoms. The lowest BCUT2D eigenvalue weighted by atomic mass is 10.2. The minimum Gasteiger partial charge on any atom is -0.488 e. The molecular weight excluding hydrogens is 283 g/mol. The van der Waals surface area contributed by atoms with Gasteiger partial charge in [-0.05, 0) is 37.5 Å². The number of sulfone groups is 1. The molecule has 4 nitrogen and oxygen atoms in total. The van der Waals surface area contributed by atoms with E-state index >= 15 is 0 Å². The number of aryl methyl sites for hydroxylation is 1. The van der Waals surface area contributed by atoms with Gasteiger partial charge in [-0.25, -0.2) is 12.8 Å². The van der Waals surface area contributed by atoms with Crippen LogP contribution < -0.4 is 4.74 Å². The van der Waals surface area contributed by atoms with Gasteiger partial charge in [-0.1, -0.05) is 6.07 Å². The standard InChI is InChI=1S/C14H19FO4S/c1-11-2-3-14(13(15)10-11)19-7-6-18-12-4-8-20(16,17)9-5-12/h2-3,10,12H,4-9H2,1H3. The van der Waals surface area contributed by atoms with Gasteiger partial charge in [0.2, 0.25) is 0 Å². The fourth-order valence-corrected chi connectivity index (χ4v) is 3.57. The van der Waals surface area contributed by atoms with Gasteiger partial charge >= 0.3 is 0 Å². The third-order valence-electron chi connectivity index (χ3n) is 3.28. The molecule has 1 aliphatic heterocycles. The first-order chi connectivity index (χ1) is 9.46. The Bertz CT molecular complexity index is 542. The highest BCUT2D eigenvalue weighted by Gasteiger charge is 2.23. The first-order valence-electron chi connectivity index (χ1n) is 6.67. The average molecular weight is 302 g/mol. The van der Waals surface area contributed by atoms with Crippen molar-refractivity contribution in [2.24, 2.45) is 0 Å². The molecule has 0 amide bonds. The Morgan fingerprint density at radius 2 is 1.95 bits per heavy atom. The van der Waals surface area contributed by atoms with Crippen LogP contribution in [0.1, 0.15) is 18.4 Å². The van der Waals surface area contributed by atoms with Crippen molar-refractivity contribution in [3.05, 3.63) is 29.6 Å². The largest absolute Gasteiger partial charge is 0.488 e.